The lowest BCUT2D eigenvalue weighted by Crippen LogP contribution is -2.40. The number of nitrogens with zero attached hydrogens (tertiary/aromatic N) is 1. The van der Waals surface area contributed by atoms with Gasteiger partial charge in [0.15, 0.2) is 0 Å². The Hall–Kier alpha value is -1.22. The summed E-state index contributed by atoms with van der Waals surface area (Å²) in [6, 6.07) is 6.96. The molecule has 0 amide bonds. The lowest BCUT2D eigenvalue weighted by Gasteiger charge is -2.36. The van der Waals surface area contributed by atoms with Gasteiger partial charge in [-0.2, -0.15) is 0 Å². The molecule has 0 unspecified atom stereocenters. The van der Waals surface area contributed by atoms with Gasteiger partial charge in [0.1, 0.15) is 11.6 Å². The Bertz CT molecular complexity index is 489. The highest BCUT2D eigenvalue weighted by Gasteiger charge is 2.25. The zero-order chi connectivity index (χ0) is 15.4. The summed E-state index contributed by atoms with van der Waals surface area (Å²) in [5.74, 6) is 1.69. The first-order chi connectivity index (χ1) is 10.7. The van der Waals surface area contributed by atoms with Crippen molar-refractivity contribution in [3.05, 3.63) is 35.6 Å². The second-order valence-corrected chi connectivity index (χ2v) is 7.08. The predicted molar refractivity (Wildman–Crippen MR) is 86.2 cm³/mol. The number of carbonyl (C=O) groups excluding carboxylic acids is 1. The van der Waals surface area contributed by atoms with E-state index in [9.17, 15) is 9.18 Å². The van der Waals surface area contributed by atoms with Gasteiger partial charge < -0.3 is 4.90 Å². The van der Waals surface area contributed by atoms with Crippen LogP contribution in [0.4, 0.5) is 4.39 Å². The summed E-state index contributed by atoms with van der Waals surface area (Å²) in [5.41, 5.74) is 1.25. The van der Waals surface area contributed by atoms with Crippen molar-refractivity contribution in [3.8, 4) is 0 Å². The lowest BCUT2D eigenvalue weighted by atomic mass is 9.86. The molecule has 2 nitrogen and oxygen atoms in total. The van der Waals surface area contributed by atoms with Crippen LogP contribution in [0.3, 0.4) is 0 Å². The van der Waals surface area contributed by atoms with Crippen LogP contribution in [0.15, 0.2) is 24.3 Å². The van der Waals surface area contributed by atoms with Gasteiger partial charge in [-0.05, 0) is 68.2 Å². The molecular weight excluding hydrogens is 277 g/mol. The molecule has 0 aromatic heterocycles. The summed E-state index contributed by atoms with van der Waals surface area (Å²) in [4.78, 5) is 13.9. The number of benzene rings is 1. The molecule has 0 spiro atoms. The lowest BCUT2D eigenvalue weighted by molar-refractivity contribution is -0.121. The molecule has 1 saturated carbocycles. The molecule has 1 heterocycles. The number of hydrogen-bond donors (Lipinski definition) is 0. The van der Waals surface area contributed by atoms with E-state index in [2.05, 4.69) is 4.90 Å². The highest BCUT2D eigenvalue weighted by molar-refractivity contribution is 5.79. The van der Waals surface area contributed by atoms with Crippen molar-refractivity contribution < 1.29 is 9.18 Å². The maximum absolute atomic E-state index is 13.0. The van der Waals surface area contributed by atoms with Crippen LogP contribution >= 0.6 is 0 Å². The Labute approximate surface area is 132 Å². The SMILES string of the molecule is O=C1CCC(CN2CCC[C@@H](Cc3ccc(F)cc3)C2)CC1. The van der Waals surface area contributed by atoms with Crippen LogP contribution in [-0.2, 0) is 11.2 Å². The summed E-state index contributed by atoms with van der Waals surface area (Å²) in [6.45, 7) is 3.51. The minimum absolute atomic E-state index is 0.152. The Morgan fingerprint density at radius 1 is 1.05 bits per heavy atom. The van der Waals surface area contributed by atoms with Crippen LogP contribution < -0.4 is 0 Å². The molecule has 1 atom stereocenters. The summed E-state index contributed by atoms with van der Waals surface area (Å²) >= 11 is 0. The highest BCUT2D eigenvalue weighted by Crippen LogP contribution is 2.26. The van der Waals surface area contributed by atoms with E-state index in [1.165, 1.54) is 24.9 Å². The number of likely N-dealkylation sites (tertiary alicyclic amines) is 1. The fourth-order valence-corrected chi connectivity index (χ4v) is 3.98. The van der Waals surface area contributed by atoms with Gasteiger partial charge in [0.25, 0.3) is 0 Å². The Balaban J connectivity index is 1.48. The van der Waals surface area contributed by atoms with Crippen molar-refractivity contribution in [3.63, 3.8) is 0 Å². The van der Waals surface area contributed by atoms with Crippen LogP contribution in [0.2, 0.25) is 0 Å². The van der Waals surface area contributed by atoms with Crippen LogP contribution in [0.5, 0.6) is 0 Å². The first-order valence-electron chi connectivity index (χ1n) is 8.67. The van der Waals surface area contributed by atoms with Gasteiger partial charge in [-0.1, -0.05) is 12.1 Å². The van der Waals surface area contributed by atoms with E-state index < -0.39 is 0 Å². The van der Waals surface area contributed by atoms with Gasteiger partial charge in [0.05, 0.1) is 0 Å². The molecule has 0 N–H and O–H groups in total. The summed E-state index contributed by atoms with van der Waals surface area (Å²) in [7, 11) is 0. The maximum atomic E-state index is 13.0. The Morgan fingerprint density at radius 3 is 2.50 bits per heavy atom. The molecule has 3 rings (SSSR count). The van der Waals surface area contributed by atoms with Crippen LogP contribution in [0.25, 0.3) is 0 Å². The van der Waals surface area contributed by atoms with Crippen LogP contribution in [-0.4, -0.2) is 30.3 Å². The van der Waals surface area contributed by atoms with E-state index >= 15 is 0 Å². The van der Waals surface area contributed by atoms with E-state index in [4.69, 9.17) is 0 Å². The molecule has 1 saturated heterocycles. The zero-order valence-electron chi connectivity index (χ0n) is 13.3. The molecule has 0 radical (unpaired) electrons. The zero-order valence-corrected chi connectivity index (χ0v) is 13.3. The minimum atomic E-state index is -0.152. The standard InChI is InChI=1S/C19H26FNO/c20-18-7-3-15(4-8-18)12-17-2-1-11-21(14-17)13-16-5-9-19(22)10-6-16/h3-4,7-8,16-17H,1-2,5-6,9-14H2/t17-/m0/s1. The van der Waals surface area contributed by atoms with E-state index in [0.29, 0.717) is 17.6 Å². The number of ketones is 1. The van der Waals surface area contributed by atoms with E-state index in [1.54, 1.807) is 12.1 Å². The van der Waals surface area contributed by atoms with Gasteiger partial charge in [0, 0.05) is 25.9 Å². The Morgan fingerprint density at radius 2 is 1.77 bits per heavy atom. The molecule has 0 bridgehead atoms. The number of carbonyl (C=O) groups is 1. The van der Waals surface area contributed by atoms with Crippen molar-refractivity contribution >= 4 is 5.78 Å². The normalized spacial score (nSPS) is 24.6. The third-order valence-corrected chi connectivity index (χ3v) is 5.22. The van der Waals surface area contributed by atoms with Gasteiger partial charge in [-0.25, -0.2) is 4.39 Å². The molecule has 22 heavy (non-hydrogen) atoms. The average Bonchev–Trinajstić information content (AvgIpc) is 2.52. The van der Waals surface area contributed by atoms with Crippen molar-refractivity contribution in [2.75, 3.05) is 19.6 Å². The molecular formula is C19H26FNO. The summed E-state index contributed by atoms with van der Waals surface area (Å²) < 4.78 is 13.0. The molecule has 2 fully saturated rings. The minimum Gasteiger partial charge on any atom is -0.303 e. The predicted octanol–water partition coefficient (Wildman–Crippen LogP) is 3.84. The van der Waals surface area contributed by atoms with Crippen LogP contribution in [0.1, 0.15) is 44.1 Å². The highest BCUT2D eigenvalue weighted by atomic mass is 19.1. The number of rotatable bonds is 4. The van der Waals surface area contributed by atoms with Gasteiger partial charge in [0.2, 0.25) is 0 Å². The van der Waals surface area contributed by atoms with Gasteiger partial charge in [-0.3, -0.25) is 4.79 Å². The molecule has 120 valence electrons. The van der Waals surface area contributed by atoms with Crippen LogP contribution in [0, 0.1) is 17.7 Å². The second kappa shape index (κ2) is 7.36. The fraction of sp³-hybridized carbons (Fsp3) is 0.632. The number of Topliss-reactive ketones (excluding diaryl/α,β-unsaturated/α-hetero) is 1. The molecule has 1 aliphatic carbocycles. The average molecular weight is 303 g/mol. The molecule has 3 heteroatoms. The summed E-state index contributed by atoms with van der Waals surface area (Å²) in [6.07, 6.45) is 7.33. The largest absolute Gasteiger partial charge is 0.303 e. The number of hydrogen-bond acceptors (Lipinski definition) is 2. The first kappa shape index (κ1) is 15.7. The van der Waals surface area contributed by atoms with E-state index in [-0.39, 0.29) is 5.82 Å². The van der Waals surface area contributed by atoms with Crippen molar-refractivity contribution in [1.29, 1.82) is 0 Å². The van der Waals surface area contributed by atoms with E-state index in [0.717, 1.165) is 45.2 Å². The maximum Gasteiger partial charge on any atom is 0.132 e. The smallest absolute Gasteiger partial charge is 0.132 e. The Kier molecular flexibility index (Phi) is 5.24. The summed E-state index contributed by atoms with van der Waals surface area (Å²) in [5, 5.41) is 0. The molecule has 1 aromatic carbocycles. The van der Waals surface area contributed by atoms with Crippen molar-refractivity contribution in [2.24, 2.45) is 11.8 Å². The third kappa shape index (κ3) is 4.39. The van der Waals surface area contributed by atoms with Gasteiger partial charge in [-0.15, -0.1) is 0 Å². The molecule has 1 aliphatic heterocycles. The van der Waals surface area contributed by atoms with E-state index in [1.807, 2.05) is 12.1 Å². The third-order valence-electron chi connectivity index (χ3n) is 5.22. The van der Waals surface area contributed by atoms with Gasteiger partial charge >= 0.3 is 0 Å². The quantitative estimate of drug-likeness (QED) is 0.842. The second-order valence-electron chi connectivity index (χ2n) is 7.08. The van der Waals surface area contributed by atoms with Crippen molar-refractivity contribution in [2.45, 2.75) is 44.9 Å². The topological polar surface area (TPSA) is 20.3 Å². The molecule has 1 aromatic rings. The fourth-order valence-electron chi connectivity index (χ4n) is 3.98. The number of halogens is 1. The molecule has 2 aliphatic rings. The van der Waals surface area contributed by atoms with Crippen molar-refractivity contribution in [1.82, 2.24) is 4.90 Å². The monoisotopic (exact) mass is 303 g/mol. The first-order valence-corrected chi connectivity index (χ1v) is 8.67. The number of piperidine rings is 1.